The summed E-state index contributed by atoms with van der Waals surface area (Å²) in [5.41, 5.74) is 3.51. The Hall–Kier alpha value is -3.03. The van der Waals surface area contributed by atoms with E-state index < -0.39 is 9.84 Å². The fourth-order valence-corrected chi connectivity index (χ4v) is 5.21. The number of hydrogen-bond donors (Lipinski definition) is 0. The Kier molecular flexibility index (Phi) is 5.89. The van der Waals surface area contributed by atoms with Crippen LogP contribution in [0.5, 0.6) is 0 Å². The molecule has 5 nitrogen and oxygen atoms in total. The second-order valence-corrected chi connectivity index (χ2v) is 10.3. The number of aryl methyl sites for hydroxylation is 1. The number of benzene rings is 3. The van der Waals surface area contributed by atoms with Crippen LogP contribution in [-0.4, -0.2) is 25.1 Å². The van der Waals surface area contributed by atoms with Crippen LogP contribution < -0.4 is 4.80 Å². The van der Waals surface area contributed by atoms with Gasteiger partial charge in [0.2, 0.25) is 0 Å². The Balaban J connectivity index is 1.73. The van der Waals surface area contributed by atoms with Gasteiger partial charge in [0, 0.05) is 18.4 Å². The number of carbonyl (C=O) groups is 1. The molecule has 1 amide bonds. The van der Waals surface area contributed by atoms with Gasteiger partial charge >= 0.3 is 0 Å². The Morgan fingerprint density at radius 2 is 1.65 bits per heavy atom. The highest BCUT2D eigenvalue weighted by Crippen LogP contribution is 2.23. The predicted octanol–water partition coefficient (Wildman–Crippen LogP) is 4.92. The smallest absolute Gasteiger partial charge is 0.279 e. The first-order valence-electron chi connectivity index (χ1n) is 9.95. The topological polar surface area (TPSA) is 68.5 Å². The van der Waals surface area contributed by atoms with Crippen molar-refractivity contribution in [3.05, 3.63) is 83.2 Å². The maximum absolute atomic E-state index is 12.9. The van der Waals surface area contributed by atoms with Gasteiger partial charge in [0.1, 0.15) is 0 Å². The van der Waals surface area contributed by atoms with Crippen LogP contribution in [0.1, 0.15) is 23.7 Å². The molecule has 0 aliphatic heterocycles. The minimum absolute atomic E-state index is 0.263. The Labute approximate surface area is 185 Å². The SMILES string of the molecule is CCCn1c(=NC(=O)c2ccc(-c3ccccc3)cc2)sc2cc(S(C)(=O)=O)ccc21. The molecule has 0 aliphatic carbocycles. The van der Waals surface area contributed by atoms with Crippen LogP contribution in [0.3, 0.4) is 0 Å². The fourth-order valence-electron chi connectivity index (χ4n) is 3.40. The lowest BCUT2D eigenvalue weighted by Gasteiger charge is -2.04. The van der Waals surface area contributed by atoms with E-state index >= 15 is 0 Å². The molecule has 0 atom stereocenters. The number of sulfone groups is 1. The highest BCUT2D eigenvalue weighted by molar-refractivity contribution is 7.90. The van der Waals surface area contributed by atoms with Gasteiger partial charge in [0.05, 0.1) is 15.1 Å². The van der Waals surface area contributed by atoms with Crippen LogP contribution in [0.4, 0.5) is 0 Å². The molecule has 0 N–H and O–H groups in total. The summed E-state index contributed by atoms with van der Waals surface area (Å²) in [4.78, 5) is 18.1. The summed E-state index contributed by atoms with van der Waals surface area (Å²) < 4.78 is 26.6. The third-order valence-corrected chi connectivity index (χ3v) is 7.12. The van der Waals surface area contributed by atoms with Crippen LogP contribution in [0, 0.1) is 0 Å². The standard InChI is InChI=1S/C24H22N2O3S2/c1-3-15-26-21-14-13-20(31(2,28)29)16-22(21)30-24(26)25-23(27)19-11-9-18(10-12-19)17-7-5-4-6-8-17/h4-14,16H,3,15H2,1-2H3. The first kappa shape index (κ1) is 21.2. The molecule has 0 fully saturated rings. The number of amides is 1. The molecule has 0 saturated heterocycles. The molecule has 1 aromatic heterocycles. The van der Waals surface area contributed by atoms with Gasteiger partial charge in [-0.3, -0.25) is 4.79 Å². The van der Waals surface area contributed by atoms with Crippen LogP contribution >= 0.6 is 11.3 Å². The molecule has 4 rings (SSSR count). The van der Waals surface area contributed by atoms with Crippen LogP contribution in [0.15, 0.2) is 82.7 Å². The van der Waals surface area contributed by atoms with Crippen molar-refractivity contribution >= 4 is 37.3 Å². The van der Waals surface area contributed by atoms with Gasteiger partial charge in [-0.05, 0) is 47.9 Å². The van der Waals surface area contributed by atoms with Gasteiger partial charge in [0.15, 0.2) is 14.6 Å². The van der Waals surface area contributed by atoms with Crippen molar-refractivity contribution in [3.63, 3.8) is 0 Å². The van der Waals surface area contributed by atoms with Gasteiger partial charge in [0.25, 0.3) is 5.91 Å². The highest BCUT2D eigenvalue weighted by atomic mass is 32.2. The van der Waals surface area contributed by atoms with E-state index in [9.17, 15) is 13.2 Å². The average molecular weight is 451 g/mol. The van der Waals surface area contributed by atoms with E-state index in [-0.39, 0.29) is 10.8 Å². The summed E-state index contributed by atoms with van der Waals surface area (Å²) in [7, 11) is -3.30. The van der Waals surface area contributed by atoms with E-state index in [0.717, 1.165) is 27.8 Å². The van der Waals surface area contributed by atoms with E-state index in [1.54, 1.807) is 30.3 Å². The van der Waals surface area contributed by atoms with Crippen molar-refractivity contribution in [2.24, 2.45) is 4.99 Å². The van der Waals surface area contributed by atoms with Gasteiger partial charge in [-0.1, -0.05) is 60.7 Å². The van der Waals surface area contributed by atoms with Crippen LogP contribution in [-0.2, 0) is 16.4 Å². The van der Waals surface area contributed by atoms with Gasteiger partial charge in [-0.2, -0.15) is 4.99 Å². The zero-order valence-corrected chi connectivity index (χ0v) is 18.9. The van der Waals surface area contributed by atoms with Gasteiger partial charge in [-0.15, -0.1) is 0 Å². The van der Waals surface area contributed by atoms with E-state index in [1.807, 2.05) is 47.0 Å². The summed E-state index contributed by atoms with van der Waals surface area (Å²) in [5, 5.41) is 0. The molecule has 158 valence electrons. The average Bonchev–Trinajstić information content (AvgIpc) is 3.10. The highest BCUT2D eigenvalue weighted by Gasteiger charge is 2.13. The van der Waals surface area contributed by atoms with Crippen molar-refractivity contribution < 1.29 is 13.2 Å². The number of aromatic nitrogens is 1. The number of rotatable bonds is 5. The van der Waals surface area contributed by atoms with Crippen molar-refractivity contribution in [3.8, 4) is 11.1 Å². The second kappa shape index (κ2) is 8.61. The number of thiazole rings is 1. The molecule has 3 aromatic carbocycles. The lowest BCUT2D eigenvalue weighted by molar-refractivity contribution is 0.0998. The van der Waals surface area contributed by atoms with Crippen molar-refractivity contribution in [2.45, 2.75) is 24.8 Å². The third kappa shape index (κ3) is 4.52. The summed E-state index contributed by atoms with van der Waals surface area (Å²) in [6, 6.07) is 22.4. The monoisotopic (exact) mass is 450 g/mol. The maximum Gasteiger partial charge on any atom is 0.279 e. The molecule has 0 aliphatic rings. The zero-order valence-electron chi connectivity index (χ0n) is 17.3. The molecular formula is C24H22N2O3S2. The summed E-state index contributed by atoms with van der Waals surface area (Å²) in [6.07, 6.45) is 2.06. The maximum atomic E-state index is 12.9. The first-order chi connectivity index (χ1) is 14.9. The largest absolute Gasteiger partial charge is 0.316 e. The minimum Gasteiger partial charge on any atom is -0.316 e. The Morgan fingerprint density at radius 1 is 0.968 bits per heavy atom. The molecule has 7 heteroatoms. The Bertz CT molecular complexity index is 1420. The normalized spacial score (nSPS) is 12.4. The minimum atomic E-state index is -3.30. The molecule has 0 unspecified atom stereocenters. The van der Waals surface area contributed by atoms with E-state index in [4.69, 9.17) is 0 Å². The lowest BCUT2D eigenvalue weighted by atomic mass is 10.0. The number of fused-ring (bicyclic) bond motifs is 1. The van der Waals surface area contributed by atoms with Crippen LogP contribution in [0.2, 0.25) is 0 Å². The number of nitrogens with zero attached hydrogens (tertiary/aromatic N) is 2. The summed E-state index contributed by atoms with van der Waals surface area (Å²) in [6.45, 7) is 2.74. The van der Waals surface area contributed by atoms with Gasteiger partial charge in [-0.25, -0.2) is 8.42 Å². The quantitative estimate of drug-likeness (QED) is 0.433. The second-order valence-electron chi connectivity index (χ2n) is 7.30. The molecule has 0 bridgehead atoms. The molecule has 4 aromatic rings. The van der Waals surface area contributed by atoms with E-state index in [2.05, 4.69) is 11.9 Å². The first-order valence-corrected chi connectivity index (χ1v) is 12.7. The van der Waals surface area contributed by atoms with Crippen molar-refractivity contribution in [1.29, 1.82) is 0 Å². The number of carbonyl (C=O) groups excluding carboxylic acids is 1. The summed E-state index contributed by atoms with van der Waals surface area (Å²) >= 11 is 1.33. The fraction of sp³-hybridized carbons (Fsp3) is 0.167. The van der Waals surface area contributed by atoms with Crippen LogP contribution in [0.25, 0.3) is 21.3 Å². The lowest BCUT2D eigenvalue weighted by Crippen LogP contribution is -2.16. The molecule has 0 saturated carbocycles. The van der Waals surface area contributed by atoms with Crippen molar-refractivity contribution in [2.75, 3.05) is 6.26 Å². The summed E-state index contributed by atoms with van der Waals surface area (Å²) in [5.74, 6) is -0.320. The Morgan fingerprint density at radius 3 is 2.29 bits per heavy atom. The predicted molar refractivity (Wildman–Crippen MR) is 125 cm³/mol. The van der Waals surface area contributed by atoms with E-state index in [0.29, 0.717) is 16.9 Å². The number of hydrogen-bond acceptors (Lipinski definition) is 4. The zero-order chi connectivity index (χ0) is 22.0. The molecule has 1 heterocycles. The van der Waals surface area contributed by atoms with Gasteiger partial charge < -0.3 is 4.57 Å². The third-order valence-electron chi connectivity index (χ3n) is 4.97. The molecule has 0 radical (unpaired) electrons. The molecule has 31 heavy (non-hydrogen) atoms. The van der Waals surface area contributed by atoms with E-state index in [1.165, 1.54) is 17.6 Å². The molecule has 0 spiro atoms. The molecular weight excluding hydrogens is 428 g/mol. The van der Waals surface area contributed by atoms with Crippen molar-refractivity contribution in [1.82, 2.24) is 4.57 Å².